The van der Waals surface area contributed by atoms with Gasteiger partial charge in [0.15, 0.2) is 6.10 Å². The summed E-state index contributed by atoms with van der Waals surface area (Å²) in [4.78, 5) is 12.2. The molecular formula is C24H21N3O3. The molecule has 30 heavy (non-hydrogen) atoms. The van der Waals surface area contributed by atoms with Crippen LogP contribution < -0.4 is 14.9 Å². The zero-order chi connectivity index (χ0) is 21.2. The molecular weight excluding hydrogens is 378 g/mol. The van der Waals surface area contributed by atoms with Crippen LogP contribution in [0.1, 0.15) is 23.6 Å². The van der Waals surface area contributed by atoms with Gasteiger partial charge >= 0.3 is 0 Å². The average molecular weight is 399 g/mol. The Hall–Kier alpha value is -4.11. The van der Waals surface area contributed by atoms with Crippen LogP contribution in [0.25, 0.3) is 0 Å². The lowest BCUT2D eigenvalue weighted by Gasteiger charge is -2.12. The molecule has 1 unspecified atom stereocenters. The normalized spacial score (nSPS) is 11.5. The summed E-state index contributed by atoms with van der Waals surface area (Å²) in [6.07, 6.45) is 0.803. The fraction of sp³-hybridized carbons (Fsp3) is 0.125. The highest BCUT2D eigenvalue weighted by Crippen LogP contribution is 2.15. The van der Waals surface area contributed by atoms with Crippen LogP contribution in [0.2, 0.25) is 0 Å². The number of amides is 1. The Labute approximate surface area is 175 Å². The van der Waals surface area contributed by atoms with E-state index in [1.165, 1.54) is 0 Å². The van der Waals surface area contributed by atoms with Gasteiger partial charge in [-0.3, -0.25) is 4.79 Å². The Kier molecular flexibility index (Phi) is 7.17. The molecule has 0 aliphatic heterocycles. The number of hydrazone groups is 1. The topological polar surface area (TPSA) is 83.7 Å². The van der Waals surface area contributed by atoms with Gasteiger partial charge < -0.3 is 9.47 Å². The van der Waals surface area contributed by atoms with E-state index >= 15 is 0 Å². The van der Waals surface area contributed by atoms with Crippen molar-refractivity contribution in [3.8, 4) is 17.6 Å². The van der Waals surface area contributed by atoms with E-state index in [1.54, 1.807) is 37.4 Å². The summed E-state index contributed by atoms with van der Waals surface area (Å²) < 4.78 is 11.3. The third-order valence-corrected chi connectivity index (χ3v) is 4.16. The summed E-state index contributed by atoms with van der Waals surface area (Å²) in [6, 6.07) is 25.9. The first-order valence-corrected chi connectivity index (χ1v) is 9.40. The van der Waals surface area contributed by atoms with Crippen LogP contribution >= 0.6 is 0 Å². The maximum absolute atomic E-state index is 12.2. The average Bonchev–Trinajstić information content (AvgIpc) is 2.79. The quantitative estimate of drug-likeness (QED) is 0.457. The Morgan fingerprint density at radius 2 is 1.83 bits per heavy atom. The fourth-order valence-electron chi connectivity index (χ4n) is 2.55. The Bertz CT molecular complexity index is 1040. The maximum Gasteiger partial charge on any atom is 0.280 e. The van der Waals surface area contributed by atoms with Gasteiger partial charge in [-0.1, -0.05) is 42.5 Å². The number of nitrogens with one attached hydrogen (secondary N) is 1. The first kappa shape index (κ1) is 20.6. The van der Waals surface area contributed by atoms with Crippen LogP contribution in [-0.4, -0.2) is 18.2 Å². The van der Waals surface area contributed by atoms with Crippen molar-refractivity contribution in [2.75, 3.05) is 0 Å². The Balaban J connectivity index is 1.50. The van der Waals surface area contributed by atoms with Gasteiger partial charge in [0.2, 0.25) is 0 Å². The second-order valence-electron chi connectivity index (χ2n) is 6.48. The lowest BCUT2D eigenvalue weighted by molar-refractivity contribution is -0.127. The lowest BCUT2D eigenvalue weighted by Crippen LogP contribution is -2.33. The minimum absolute atomic E-state index is 0.382. The van der Waals surface area contributed by atoms with Gasteiger partial charge in [-0.2, -0.15) is 10.4 Å². The molecule has 150 valence electrons. The van der Waals surface area contributed by atoms with Gasteiger partial charge in [0, 0.05) is 0 Å². The van der Waals surface area contributed by atoms with E-state index in [9.17, 15) is 4.79 Å². The number of benzene rings is 3. The van der Waals surface area contributed by atoms with E-state index in [0.717, 1.165) is 11.1 Å². The molecule has 1 amide bonds. The molecule has 3 aromatic carbocycles. The Morgan fingerprint density at radius 3 is 2.57 bits per heavy atom. The van der Waals surface area contributed by atoms with E-state index in [2.05, 4.69) is 10.5 Å². The number of carbonyl (C=O) groups excluding carboxylic acids is 1. The molecule has 0 fully saturated rings. The smallest absolute Gasteiger partial charge is 0.280 e. The molecule has 0 aliphatic carbocycles. The summed E-state index contributed by atoms with van der Waals surface area (Å²) in [5, 5.41) is 12.8. The SMILES string of the molecule is CC(Oc1ccc(C#N)cc1)C(=O)N/N=C/c1cccc(OCc2ccccc2)c1. The number of nitriles is 1. The zero-order valence-electron chi connectivity index (χ0n) is 16.5. The monoisotopic (exact) mass is 399 g/mol. The van der Waals surface area contributed by atoms with Crippen LogP contribution in [0.5, 0.6) is 11.5 Å². The molecule has 6 heteroatoms. The number of hydrogen-bond acceptors (Lipinski definition) is 5. The van der Waals surface area contributed by atoms with Crippen molar-refractivity contribution in [2.24, 2.45) is 5.10 Å². The summed E-state index contributed by atoms with van der Waals surface area (Å²) in [5.74, 6) is 0.836. The number of carbonyl (C=O) groups is 1. The molecule has 0 saturated carbocycles. The highest BCUT2D eigenvalue weighted by Gasteiger charge is 2.13. The Morgan fingerprint density at radius 1 is 1.07 bits per heavy atom. The van der Waals surface area contributed by atoms with E-state index < -0.39 is 6.10 Å². The van der Waals surface area contributed by atoms with E-state index in [-0.39, 0.29) is 5.91 Å². The summed E-state index contributed by atoms with van der Waals surface area (Å²) in [7, 11) is 0. The molecule has 0 aliphatic rings. The van der Waals surface area contributed by atoms with Gasteiger partial charge in [0.05, 0.1) is 17.8 Å². The summed E-state index contributed by atoms with van der Waals surface area (Å²) in [6.45, 7) is 2.10. The minimum atomic E-state index is -0.740. The van der Waals surface area contributed by atoms with Crippen molar-refractivity contribution in [3.05, 3.63) is 95.6 Å². The predicted molar refractivity (Wildman–Crippen MR) is 114 cm³/mol. The zero-order valence-corrected chi connectivity index (χ0v) is 16.5. The predicted octanol–water partition coefficient (Wildman–Crippen LogP) is 4.05. The van der Waals surface area contributed by atoms with Gasteiger partial charge in [0.1, 0.15) is 18.1 Å². The van der Waals surface area contributed by atoms with Gasteiger partial charge in [-0.05, 0) is 54.4 Å². The number of ether oxygens (including phenoxy) is 2. The first-order valence-electron chi connectivity index (χ1n) is 9.40. The molecule has 0 heterocycles. The second-order valence-corrected chi connectivity index (χ2v) is 6.48. The fourth-order valence-corrected chi connectivity index (χ4v) is 2.55. The minimum Gasteiger partial charge on any atom is -0.489 e. The van der Waals surface area contributed by atoms with Crippen molar-refractivity contribution in [2.45, 2.75) is 19.6 Å². The van der Waals surface area contributed by atoms with Crippen LogP contribution in [0.15, 0.2) is 84.0 Å². The number of rotatable bonds is 8. The van der Waals surface area contributed by atoms with Gasteiger partial charge in [0.25, 0.3) is 5.91 Å². The number of nitrogens with zero attached hydrogens (tertiary/aromatic N) is 2. The van der Waals surface area contributed by atoms with Crippen molar-refractivity contribution in [1.82, 2.24) is 5.43 Å². The summed E-state index contributed by atoms with van der Waals surface area (Å²) in [5.41, 5.74) is 4.87. The molecule has 1 N–H and O–H groups in total. The molecule has 0 radical (unpaired) electrons. The first-order chi connectivity index (χ1) is 14.6. The molecule has 0 aromatic heterocycles. The molecule has 3 aromatic rings. The lowest BCUT2D eigenvalue weighted by atomic mass is 10.2. The third kappa shape index (κ3) is 6.21. The standard InChI is InChI=1S/C24H21N3O3/c1-18(30-22-12-10-19(15-25)11-13-22)24(28)27-26-16-21-8-5-9-23(14-21)29-17-20-6-3-2-4-7-20/h2-14,16,18H,17H2,1H3,(H,27,28)/b26-16+. The molecule has 0 bridgehead atoms. The van der Waals surface area contributed by atoms with E-state index in [0.29, 0.717) is 23.7 Å². The molecule has 6 nitrogen and oxygen atoms in total. The van der Waals surface area contributed by atoms with Gasteiger partial charge in [-0.15, -0.1) is 0 Å². The van der Waals surface area contributed by atoms with Crippen LogP contribution in [0.4, 0.5) is 0 Å². The van der Waals surface area contributed by atoms with Crippen molar-refractivity contribution in [1.29, 1.82) is 5.26 Å². The molecule has 3 rings (SSSR count). The van der Waals surface area contributed by atoms with E-state index in [4.69, 9.17) is 14.7 Å². The van der Waals surface area contributed by atoms with Crippen LogP contribution in [-0.2, 0) is 11.4 Å². The largest absolute Gasteiger partial charge is 0.489 e. The molecule has 0 spiro atoms. The second kappa shape index (κ2) is 10.4. The summed E-state index contributed by atoms with van der Waals surface area (Å²) >= 11 is 0. The van der Waals surface area contributed by atoms with Crippen molar-refractivity contribution < 1.29 is 14.3 Å². The maximum atomic E-state index is 12.2. The highest BCUT2D eigenvalue weighted by atomic mass is 16.5. The van der Waals surface area contributed by atoms with Crippen molar-refractivity contribution >= 4 is 12.1 Å². The molecule has 0 saturated heterocycles. The number of hydrogen-bond donors (Lipinski definition) is 1. The van der Waals surface area contributed by atoms with Crippen molar-refractivity contribution in [3.63, 3.8) is 0 Å². The van der Waals surface area contributed by atoms with Crippen LogP contribution in [0, 0.1) is 11.3 Å². The third-order valence-electron chi connectivity index (χ3n) is 4.16. The van der Waals surface area contributed by atoms with E-state index in [1.807, 2.05) is 60.7 Å². The highest BCUT2D eigenvalue weighted by molar-refractivity contribution is 5.84. The van der Waals surface area contributed by atoms with Gasteiger partial charge in [-0.25, -0.2) is 5.43 Å². The van der Waals surface area contributed by atoms with Crippen LogP contribution in [0.3, 0.4) is 0 Å². The molecule has 1 atom stereocenters.